The van der Waals surface area contributed by atoms with E-state index in [-0.39, 0.29) is 101 Å². The molecular formula is C6H13Cl6Zr2. The monoisotopic (exact) mass is 475 g/mol. The van der Waals surface area contributed by atoms with Gasteiger partial charge in [0, 0.05) is 26.2 Å². The zero-order valence-corrected chi connectivity index (χ0v) is 17.1. The molecule has 0 fully saturated rings. The van der Waals surface area contributed by atoms with E-state index >= 15 is 0 Å². The van der Waals surface area contributed by atoms with Gasteiger partial charge in [-0.1, -0.05) is 0 Å². The Labute approximate surface area is 157 Å². The first-order valence-electron chi connectivity index (χ1n) is 2.38. The van der Waals surface area contributed by atoms with Crippen molar-refractivity contribution in [3.8, 4) is 0 Å². The molecule has 0 saturated heterocycles. The van der Waals surface area contributed by atoms with Gasteiger partial charge in [-0.15, -0.1) is 74.4 Å². The van der Waals surface area contributed by atoms with Crippen molar-refractivity contribution in [2.24, 2.45) is 0 Å². The largest absolute Gasteiger partial charge is 0.147 e. The molecule has 0 amide bonds. The fraction of sp³-hybridized carbons (Fsp3) is 0.333. The molecule has 0 spiro atoms. The van der Waals surface area contributed by atoms with Crippen LogP contribution >= 0.6 is 74.4 Å². The first-order chi connectivity index (χ1) is 3.30. The molecule has 1 aliphatic carbocycles. The van der Waals surface area contributed by atoms with Crippen LogP contribution in [-0.4, -0.2) is 0 Å². The molecule has 0 aromatic heterocycles. The van der Waals surface area contributed by atoms with Gasteiger partial charge in [0.05, 0.1) is 0 Å². The number of hydrogen-bond donors (Lipinski definition) is 0. The molecule has 87 valence electrons. The Hall–Kier alpha value is 2.99. The van der Waals surface area contributed by atoms with Crippen LogP contribution in [0.4, 0.5) is 0 Å². The van der Waals surface area contributed by atoms with Crippen molar-refractivity contribution in [3.05, 3.63) is 21.0 Å². The van der Waals surface area contributed by atoms with Crippen molar-refractivity contribution in [2.75, 3.05) is 0 Å². The van der Waals surface area contributed by atoms with Crippen LogP contribution in [0.3, 0.4) is 0 Å². The van der Waals surface area contributed by atoms with Gasteiger partial charge in [0.25, 0.3) is 0 Å². The van der Waals surface area contributed by atoms with Crippen molar-refractivity contribution in [1.82, 2.24) is 0 Å². The van der Waals surface area contributed by atoms with E-state index in [0.717, 1.165) is 0 Å². The molecule has 0 heterocycles. The Bertz CT molecular complexity index is 147. The second kappa shape index (κ2) is 25.0. The molecule has 0 saturated carbocycles. The van der Waals surface area contributed by atoms with Crippen LogP contribution in [0.5, 0.6) is 0 Å². The third-order valence-electron chi connectivity index (χ3n) is 1.17. The maximum Gasteiger partial charge on any atom is 0 e. The summed E-state index contributed by atoms with van der Waals surface area (Å²) in [6.45, 7) is 2.17. The van der Waals surface area contributed by atoms with Gasteiger partial charge in [-0.3, -0.25) is 0 Å². The molecule has 14 heavy (non-hydrogen) atoms. The fourth-order valence-corrected chi connectivity index (χ4v) is 1.11. The van der Waals surface area contributed by atoms with Gasteiger partial charge in [0.2, 0.25) is 0 Å². The van der Waals surface area contributed by atoms with Crippen molar-refractivity contribution in [2.45, 2.75) is 13.3 Å². The van der Waals surface area contributed by atoms with Crippen molar-refractivity contribution < 1.29 is 50.9 Å². The van der Waals surface area contributed by atoms with Crippen LogP contribution in [0.1, 0.15) is 13.3 Å². The maximum absolute atomic E-state index is 2.22. The minimum atomic E-state index is 0. The molecule has 0 N–H and O–H groups in total. The molecule has 0 radical (unpaired) electrons. The van der Waals surface area contributed by atoms with Crippen LogP contribution in [0, 0.1) is 0 Å². The molecule has 0 aromatic carbocycles. The van der Waals surface area contributed by atoms with Gasteiger partial charge in [-0.05, 0) is 0 Å². The molecule has 8 heteroatoms. The number of allylic oxidation sites excluding steroid dienone is 4. The Morgan fingerprint density at radius 1 is 1.00 bits per heavy atom. The Kier molecular flexibility index (Phi) is 77.7. The zero-order chi connectivity index (χ0) is 5.28. The van der Waals surface area contributed by atoms with Crippen LogP contribution in [0.15, 0.2) is 21.0 Å². The average molecular weight is 480 g/mol. The second-order valence-corrected chi connectivity index (χ2v) is 3.25. The summed E-state index contributed by atoms with van der Waals surface area (Å²) in [5, 5.41) is 0. The molecular weight excluding hydrogens is 467 g/mol. The van der Waals surface area contributed by atoms with Crippen molar-refractivity contribution in [1.29, 1.82) is 0 Å². The number of halogens is 6. The van der Waals surface area contributed by atoms with Crippen LogP contribution in [-0.2, 0) is 50.9 Å². The molecule has 0 nitrogen and oxygen atoms in total. The minimum Gasteiger partial charge on any atom is -0.147 e. The third-order valence-corrected chi connectivity index (χ3v) is 2.64. The predicted octanol–water partition coefficient (Wildman–Crippen LogP) is 4.30. The summed E-state index contributed by atoms with van der Waals surface area (Å²) in [6.07, 6.45) is 5.63. The van der Waals surface area contributed by atoms with E-state index in [1.54, 1.807) is 28.0 Å². The van der Waals surface area contributed by atoms with Crippen LogP contribution < -0.4 is 0 Å². The summed E-state index contributed by atoms with van der Waals surface area (Å²) in [5.74, 6) is 0. The van der Waals surface area contributed by atoms with Crippen LogP contribution in [0.25, 0.3) is 0 Å². The topological polar surface area (TPSA) is 0 Å². The van der Waals surface area contributed by atoms with Crippen LogP contribution in [0.2, 0.25) is 0 Å². The Morgan fingerprint density at radius 2 is 1.36 bits per heavy atom. The van der Waals surface area contributed by atoms with E-state index in [4.69, 9.17) is 0 Å². The summed E-state index contributed by atoms with van der Waals surface area (Å²) >= 11 is 1.58. The first kappa shape index (κ1) is 43.5. The maximum atomic E-state index is 2.22. The normalized spacial score (nSPS) is 9.43. The molecule has 0 atom stereocenters. The van der Waals surface area contributed by atoms with E-state index in [1.165, 1.54) is 12.0 Å². The zero-order valence-electron chi connectivity index (χ0n) is 7.31. The van der Waals surface area contributed by atoms with E-state index in [0.29, 0.717) is 0 Å². The summed E-state index contributed by atoms with van der Waals surface area (Å²) in [6, 6.07) is 0. The van der Waals surface area contributed by atoms with Crippen molar-refractivity contribution in [3.63, 3.8) is 0 Å². The van der Waals surface area contributed by atoms with Crippen molar-refractivity contribution >= 4 is 74.4 Å². The molecule has 0 aliphatic heterocycles. The molecule has 0 aromatic rings. The fourth-order valence-electron chi connectivity index (χ4n) is 0.615. The van der Waals surface area contributed by atoms with E-state index in [1.807, 2.05) is 0 Å². The number of rotatable bonds is 0. The second-order valence-electron chi connectivity index (χ2n) is 1.77. The smallest absolute Gasteiger partial charge is 0 e. The standard InChI is InChI=1S/C6H7.6ClH.2Zr/c1-6-4-2-3-5-6;;;;;;;;/h2,4H,3H2,1H3;6*1H;;. The minimum absolute atomic E-state index is 0. The summed E-state index contributed by atoms with van der Waals surface area (Å²) in [5.41, 5.74) is 1.48. The average Bonchev–Trinajstić information content (AvgIpc) is 1.91. The molecule has 0 bridgehead atoms. The third kappa shape index (κ3) is 17.4. The Balaban J connectivity index is -0.0000000140. The summed E-state index contributed by atoms with van der Waals surface area (Å²) < 4.78 is 1.60. The first-order valence-corrected chi connectivity index (χ1v) is 3.61. The summed E-state index contributed by atoms with van der Waals surface area (Å²) in [7, 11) is 0. The van der Waals surface area contributed by atoms with Gasteiger partial charge < -0.3 is 0 Å². The van der Waals surface area contributed by atoms with Gasteiger partial charge in [0.1, 0.15) is 0 Å². The van der Waals surface area contributed by atoms with E-state index < -0.39 is 0 Å². The number of hydrogen-bond acceptors (Lipinski definition) is 0. The Morgan fingerprint density at radius 3 is 1.43 bits per heavy atom. The van der Waals surface area contributed by atoms with Gasteiger partial charge in [-0.2, -0.15) is 0 Å². The molecule has 0 unspecified atom stereocenters. The van der Waals surface area contributed by atoms with E-state index in [2.05, 4.69) is 19.1 Å². The van der Waals surface area contributed by atoms with Gasteiger partial charge in [0.15, 0.2) is 0 Å². The SMILES string of the molecule is CC1=[C]([Zr])CC=C1.Cl.Cl.Cl.Cl.Cl.Cl.[Zr]. The molecule has 1 rings (SSSR count). The molecule has 1 aliphatic rings. The van der Waals surface area contributed by atoms with Gasteiger partial charge >= 0.3 is 59.1 Å². The predicted molar refractivity (Wildman–Crippen MR) is 69.9 cm³/mol. The van der Waals surface area contributed by atoms with E-state index in [9.17, 15) is 0 Å². The quantitative estimate of drug-likeness (QED) is 0.486. The summed E-state index contributed by atoms with van der Waals surface area (Å²) in [4.78, 5) is 0. The van der Waals surface area contributed by atoms with Gasteiger partial charge in [-0.25, -0.2) is 0 Å².